The molecule has 2 heterocycles. The molecule has 0 unspecified atom stereocenters. The fourth-order valence-electron chi connectivity index (χ4n) is 0.555. The SMILES string of the molecule is CN(C)C.[Cl][Pt+2][Cl].[c-]1ccccn1.[c-]1ccccn1. The van der Waals surface area contributed by atoms with Gasteiger partial charge in [0.05, 0.1) is 0 Å². The number of halogens is 2. The van der Waals surface area contributed by atoms with Gasteiger partial charge in [0.25, 0.3) is 0 Å². The molecule has 19 heavy (non-hydrogen) atoms. The Morgan fingerprint density at radius 2 is 1.16 bits per heavy atom. The maximum Gasteiger partial charge on any atom is -0.0813 e. The normalized spacial score (nSPS) is 8.11. The van der Waals surface area contributed by atoms with Crippen LogP contribution in [-0.4, -0.2) is 36.0 Å². The second-order valence-electron chi connectivity index (χ2n) is 3.30. The zero-order chi connectivity index (χ0) is 14.8. The van der Waals surface area contributed by atoms with E-state index in [0.29, 0.717) is 0 Å². The molecule has 0 aromatic carbocycles. The van der Waals surface area contributed by atoms with Crippen LogP contribution in [0.3, 0.4) is 0 Å². The predicted octanol–water partition coefficient (Wildman–Crippen LogP) is 3.32. The molecule has 0 saturated carbocycles. The summed E-state index contributed by atoms with van der Waals surface area (Å²) in [4.78, 5) is 9.32. The summed E-state index contributed by atoms with van der Waals surface area (Å²) in [6.45, 7) is 0. The Balaban J connectivity index is 0. The maximum atomic E-state index is 4.88. The number of rotatable bonds is 0. The summed E-state index contributed by atoms with van der Waals surface area (Å²) in [5.74, 6) is 0. The second kappa shape index (κ2) is 19.9. The molecule has 0 radical (unpaired) electrons. The van der Waals surface area contributed by atoms with Crippen LogP contribution in [0.2, 0.25) is 0 Å². The third-order valence-electron chi connectivity index (χ3n) is 1.03. The van der Waals surface area contributed by atoms with Gasteiger partial charge in [-0.05, 0) is 21.1 Å². The van der Waals surface area contributed by atoms with Crippen LogP contribution in [0.15, 0.2) is 48.8 Å². The van der Waals surface area contributed by atoms with Gasteiger partial charge in [0.1, 0.15) is 0 Å². The minimum Gasteiger partial charge on any atom is -0.394 e. The average molecular weight is 481 g/mol. The molecule has 0 fully saturated rings. The van der Waals surface area contributed by atoms with Gasteiger partial charge in [-0.25, -0.2) is 0 Å². The Morgan fingerprint density at radius 1 is 0.842 bits per heavy atom. The number of hydrogen-bond acceptors (Lipinski definition) is 3. The molecule has 108 valence electrons. The first-order valence-electron chi connectivity index (χ1n) is 5.12. The molecule has 3 nitrogen and oxygen atoms in total. The summed E-state index contributed by atoms with van der Waals surface area (Å²) in [7, 11) is 15.8. The smallest absolute Gasteiger partial charge is 0.0813 e. The molecule has 0 saturated heterocycles. The van der Waals surface area contributed by atoms with Crippen molar-refractivity contribution >= 4 is 18.8 Å². The molecule has 0 N–H and O–H groups in total. The molecule has 6 heteroatoms. The van der Waals surface area contributed by atoms with E-state index in [1.54, 1.807) is 24.5 Å². The van der Waals surface area contributed by atoms with Crippen LogP contribution in [0.25, 0.3) is 0 Å². The van der Waals surface area contributed by atoms with Crippen molar-refractivity contribution in [1.82, 2.24) is 14.9 Å². The second-order valence-corrected chi connectivity index (χ2v) is 6.59. The summed E-state index contributed by atoms with van der Waals surface area (Å²) in [6.07, 6.45) is 8.67. The minimum atomic E-state index is -0.472. The molecule has 0 bridgehead atoms. The Hall–Kier alpha value is -0.472. The van der Waals surface area contributed by atoms with E-state index in [9.17, 15) is 0 Å². The molecule has 2 aromatic heterocycles. The van der Waals surface area contributed by atoms with Gasteiger partial charge in [-0.3, -0.25) is 0 Å². The van der Waals surface area contributed by atoms with Crippen LogP contribution in [0.4, 0.5) is 0 Å². The molecular formula is C13H17Cl2N3Pt. The van der Waals surface area contributed by atoms with E-state index >= 15 is 0 Å². The van der Waals surface area contributed by atoms with E-state index in [1.807, 2.05) is 50.3 Å². The van der Waals surface area contributed by atoms with Gasteiger partial charge in [-0.2, -0.15) is 36.4 Å². The molecule has 0 aliphatic heterocycles. The first-order chi connectivity index (χ1) is 9.15. The van der Waals surface area contributed by atoms with Crippen molar-refractivity contribution in [3.05, 3.63) is 61.2 Å². The topological polar surface area (TPSA) is 29.0 Å². The Labute approximate surface area is 132 Å². The van der Waals surface area contributed by atoms with E-state index in [-0.39, 0.29) is 0 Å². The van der Waals surface area contributed by atoms with Crippen molar-refractivity contribution < 1.29 is 16.5 Å². The van der Waals surface area contributed by atoms with Crippen molar-refractivity contribution in [3.63, 3.8) is 0 Å². The van der Waals surface area contributed by atoms with E-state index in [0.717, 1.165) is 0 Å². The fourth-order valence-corrected chi connectivity index (χ4v) is 0.555. The summed E-state index contributed by atoms with van der Waals surface area (Å²) in [5.41, 5.74) is 0. The van der Waals surface area contributed by atoms with Gasteiger partial charge in [-0.1, -0.05) is 24.8 Å². The van der Waals surface area contributed by atoms with Crippen LogP contribution in [0.5, 0.6) is 0 Å². The predicted molar refractivity (Wildman–Crippen MR) is 77.5 cm³/mol. The summed E-state index contributed by atoms with van der Waals surface area (Å²) < 4.78 is 0. The van der Waals surface area contributed by atoms with Gasteiger partial charge >= 0.3 is 35.3 Å². The zero-order valence-corrected chi connectivity index (χ0v) is 14.8. The van der Waals surface area contributed by atoms with E-state index in [4.69, 9.17) is 18.8 Å². The van der Waals surface area contributed by atoms with Crippen LogP contribution >= 0.6 is 18.8 Å². The first-order valence-corrected chi connectivity index (χ1v) is 10.8. The van der Waals surface area contributed by atoms with Gasteiger partial charge in [0.2, 0.25) is 0 Å². The van der Waals surface area contributed by atoms with Gasteiger partial charge in [0, 0.05) is 0 Å². The van der Waals surface area contributed by atoms with Crippen molar-refractivity contribution in [1.29, 1.82) is 0 Å². The number of pyridine rings is 2. The molecule has 0 atom stereocenters. The van der Waals surface area contributed by atoms with Crippen molar-refractivity contribution in [2.75, 3.05) is 21.1 Å². The molecule has 2 aromatic rings. The van der Waals surface area contributed by atoms with Gasteiger partial charge < -0.3 is 14.9 Å². The monoisotopic (exact) mass is 480 g/mol. The average Bonchev–Trinajstić information content (AvgIpc) is 2.44. The maximum absolute atomic E-state index is 4.88. The van der Waals surface area contributed by atoms with Crippen LogP contribution in [0, 0.1) is 12.4 Å². The third-order valence-corrected chi connectivity index (χ3v) is 1.03. The van der Waals surface area contributed by atoms with Gasteiger partial charge in [0.15, 0.2) is 0 Å². The molecule has 0 aliphatic carbocycles. The molecule has 2 rings (SSSR count). The van der Waals surface area contributed by atoms with Crippen molar-refractivity contribution in [2.24, 2.45) is 0 Å². The van der Waals surface area contributed by atoms with Gasteiger partial charge in [-0.15, -0.1) is 0 Å². The number of aromatic nitrogens is 2. The quantitative estimate of drug-likeness (QED) is 0.541. The van der Waals surface area contributed by atoms with E-state index in [2.05, 4.69) is 22.4 Å². The van der Waals surface area contributed by atoms with Crippen LogP contribution in [-0.2, 0) is 16.5 Å². The molecule has 0 spiro atoms. The summed E-state index contributed by atoms with van der Waals surface area (Å²) in [5, 5.41) is 0. The van der Waals surface area contributed by atoms with Crippen molar-refractivity contribution in [2.45, 2.75) is 0 Å². The Bertz CT molecular complexity index is 249. The first kappa shape index (κ1) is 20.8. The van der Waals surface area contributed by atoms with Crippen LogP contribution in [0.1, 0.15) is 0 Å². The number of nitrogens with zero attached hydrogens (tertiary/aromatic N) is 3. The number of hydrogen-bond donors (Lipinski definition) is 0. The Morgan fingerprint density at radius 3 is 1.21 bits per heavy atom. The molecule has 0 amide bonds. The summed E-state index contributed by atoms with van der Waals surface area (Å²) >= 11 is -0.472. The molecule has 0 aliphatic rings. The minimum absolute atomic E-state index is 0.472. The van der Waals surface area contributed by atoms with E-state index in [1.165, 1.54) is 0 Å². The van der Waals surface area contributed by atoms with Crippen LogP contribution < -0.4 is 0 Å². The Kier molecular flexibility index (Phi) is 21.8. The largest absolute Gasteiger partial charge is 0.394 e. The van der Waals surface area contributed by atoms with Crippen molar-refractivity contribution in [3.8, 4) is 0 Å². The fraction of sp³-hybridized carbons (Fsp3) is 0.231. The van der Waals surface area contributed by atoms with E-state index < -0.39 is 16.5 Å². The summed E-state index contributed by atoms with van der Waals surface area (Å²) in [6, 6.07) is 11.0. The zero-order valence-electron chi connectivity index (χ0n) is 11.0. The standard InChI is InChI=1S/2C5H4N.C3H9N.2ClH.Pt/c2*1-2-4-6-5-3-1;1-4(2)3;;;/h2*1-4H;1-3H3;2*1H;/q2*-1;;;;+4/p-2. The molecular weight excluding hydrogens is 464 g/mol. The third kappa shape index (κ3) is 31.8.